The maximum atomic E-state index is 12.3. The van der Waals surface area contributed by atoms with Gasteiger partial charge in [-0.25, -0.2) is 9.78 Å². The second-order valence-corrected chi connectivity index (χ2v) is 5.89. The number of ether oxygens (including phenoxy) is 2. The number of carbonyl (C=O) groups excluding carboxylic acids is 1. The molecule has 7 heteroatoms. The van der Waals surface area contributed by atoms with Crippen molar-refractivity contribution in [3.8, 4) is 11.5 Å². The fourth-order valence-corrected chi connectivity index (χ4v) is 2.85. The summed E-state index contributed by atoms with van der Waals surface area (Å²) in [5.41, 5.74) is 0. The van der Waals surface area contributed by atoms with E-state index >= 15 is 0 Å². The number of nitrogens with zero attached hydrogens (tertiary/aromatic N) is 3. The number of nitrogens with one attached hydrogen (secondary N) is 1. The number of para-hydroxylation sites is 2. The molecule has 3 rings (SSSR count). The summed E-state index contributed by atoms with van der Waals surface area (Å²) in [4.78, 5) is 20.6. The number of amides is 2. The van der Waals surface area contributed by atoms with Gasteiger partial charge in [0.2, 0.25) is 0 Å². The van der Waals surface area contributed by atoms with Gasteiger partial charge >= 0.3 is 6.03 Å². The summed E-state index contributed by atoms with van der Waals surface area (Å²) in [7, 11) is 1.61. The van der Waals surface area contributed by atoms with Crippen LogP contribution in [0.15, 0.2) is 48.7 Å². The van der Waals surface area contributed by atoms with E-state index in [2.05, 4.69) is 15.2 Å². The molecule has 0 saturated carbocycles. The van der Waals surface area contributed by atoms with E-state index in [1.54, 1.807) is 13.3 Å². The minimum absolute atomic E-state index is 0.0608. The van der Waals surface area contributed by atoms with Crippen LogP contribution in [0.1, 0.15) is 0 Å². The largest absolute Gasteiger partial charge is 0.493 e. The summed E-state index contributed by atoms with van der Waals surface area (Å²) >= 11 is 0. The van der Waals surface area contributed by atoms with E-state index in [1.807, 2.05) is 47.4 Å². The normalized spacial score (nSPS) is 14.0. The maximum Gasteiger partial charge on any atom is 0.317 e. The van der Waals surface area contributed by atoms with Gasteiger partial charge in [0, 0.05) is 32.4 Å². The van der Waals surface area contributed by atoms with Gasteiger partial charge in [0.05, 0.1) is 13.7 Å². The van der Waals surface area contributed by atoms with Crippen LogP contribution < -0.4 is 19.7 Å². The molecule has 2 heterocycles. The van der Waals surface area contributed by atoms with E-state index in [0.29, 0.717) is 37.7 Å². The highest BCUT2D eigenvalue weighted by Gasteiger charge is 2.21. The quantitative estimate of drug-likeness (QED) is 0.802. The monoisotopic (exact) mass is 356 g/mol. The van der Waals surface area contributed by atoms with Crippen LogP contribution in [-0.4, -0.2) is 62.4 Å². The molecule has 1 aromatic heterocycles. The summed E-state index contributed by atoms with van der Waals surface area (Å²) in [6, 6.07) is 13.3. The van der Waals surface area contributed by atoms with Crippen molar-refractivity contribution in [1.82, 2.24) is 15.2 Å². The molecule has 1 aliphatic rings. The number of pyridine rings is 1. The number of anilines is 1. The highest BCUT2D eigenvalue weighted by atomic mass is 16.5. The summed E-state index contributed by atoms with van der Waals surface area (Å²) in [5, 5.41) is 2.90. The fourth-order valence-electron chi connectivity index (χ4n) is 2.85. The average molecular weight is 356 g/mol. The van der Waals surface area contributed by atoms with Crippen LogP contribution in [0.25, 0.3) is 0 Å². The third-order valence-corrected chi connectivity index (χ3v) is 4.25. The topological polar surface area (TPSA) is 66.9 Å². The van der Waals surface area contributed by atoms with Gasteiger partial charge in [-0.2, -0.15) is 0 Å². The Morgan fingerprint density at radius 1 is 1.08 bits per heavy atom. The Labute approximate surface area is 153 Å². The van der Waals surface area contributed by atoms with Gasteiger partial charge in [-0.3, -0.25) is 0 Å². The summed E-state index contributed by atoms with van der Waals surface area (Å²) in [5.74, 6) is 2.32. The lowest BCUT2D eigenvalue weighted by atomic mass is 10.3. The van der Waals surface area contributed by atoms with E-state index in [0.717, 1.165) is 18.9 Å². The standard InChI is InChI=1S/C19H24N4O3/c1-25-16-6-2-3-7-17(16)26-15-10-21-19(24)23-13-11-22(12-14-23)18-8-4-5-9-20-18/h2-9H,10-15H2,1H3,(H,21,24). The van der Waals surface area contributed by atoms with Crippen molar-refractivity contribution in [2.75, 3.05) is 51.3 Å². The van der Waals surface area contributed by atoms with Crippen molar-refractivity contribution in [3.63, 3.8) is 0 Å². The molecule has 0 radical (unpaired) electrons. The first-order valence-electron chi connectivity index (χ1n) is 8.72. The molecular weight excluding hydrogens is 332 g/mol. The third-order valence-electron chi connectivity index (χ3n) is 4.25. The zero-order valence-corrected chi connectivity index (χ0v) is 14.9. The molecule has 0 unspecified atom stereocenters. The molecule has 7 nitrogen and oxygen atoms in total. The van der Waals surface area contributed by atoms with Crippen LogP contribution in [0.4, 0.5) is 10.6 Å². The Morgan fingerprint density at radius 2 is 1.81 bits per heavy atom. The van der Waals surface area contributed by atoms with Crippen LogP contribution in [0, 0.1) is 0 Å². The van der Waals surface area contributed by atoms with Gasteiger partial charge in [0.15, 0.2) is 11.5 Å². The molecule has 0 spiro atoms. The number of rotatable bonds is 6. The minimum atomic E-state index is -0.0608. The first-order valence-corrected chi connectivity index (χ1v) is 8.72. The smallest absolute Gasteiger partial charge is 0.317 e. The summed E-state index contributed by atoms with van der Waals surface area (Å²) in [6.45, 7) is 3.74. The van der Waals surface area contributed by atoms with Gasteiger partial charge < -0.3 is 24.6 Å². The number of benzene rings is 1. The van der Waals surface area contributed by atoms with E-state index in [4.69, 9.17) is 9.47 Å². The second kappa shape index (κ2) is 8.94. The van der Waals surface area contributed by atoms with Crippen LogP contribution in [-0.2, 0) is 0 Å². The van der Waals surface area contributed by atoms with E-state index in [-0.39, 0.29) is 6.03 Å². The van der Waals surface area contributed by atoms with Gasteiger partial charge in [-0.05, 0) is 24.3 Å². The summed E-state index contributed by atoms with van der Waals surface area (Å²) < 4.78 is 10.9. The first-order chi connectivity index (χ1) is 12.8. The van der Waals surface area contributed by atoms with E-state index < -0.39 is 0 Å². The number of aromatic nitrogens is 1. The Balaban J connectivity index is 1.38. The molecule has 0 bridgehead atoms. The predicted octanol–water partition coefficient (Wildman–Crippen LogP) is 2.00. The molecule has 0 atom stereocenters. The number of hydrogen-bond acceptors (Lipinski definition) is 5. The lowest BCUT2D eigenvalue weighted by molar-refractivity contribution is 0.191. The number of piperazine rings is 1. The van der Waals surface area contributed by atoms with Crippen LogP contribution >= 0.6 is 0 Å². The molecule has 2 aromatic rings. The van der Waals surface area contributed by atoms with Crippen molar-refractivity contribution in [2.45, 2.75) is 0 Å². The zero-order chi connectivity index (χ0) is 18.2. The molecule has 1 saturated heterocycles. The lowest BCUT2D eigenvalue weighted by Gasteiger charge is -2.35. The third kappa shape index (κ3) is 4.56. The second-order valence-electron chi connectivity index (χ2n) is 5.89. The molecule has 1 aliphatic heterocycles. The fraction of sp³-hybridized carbons (Fsp3) is 0.368. The van der Waals surface area contributed by atoms with Crippen molar-refractivity contribution in [3.05, 3.63) is 48.7 Å². The molecule has 26 heavy (non-hydrogen) atoms. The lowest BCUT2D eigenvalue weighted by Crippen LogP contribution is -2.52. The van der Waals surface area contributed by atoms with Crippen molar-refractivity contribution >= 4 is 11.8 Å². The Bertz CT molecular complexity index is 703. The molecule has 1 aromatic carbocycles. The van der Waals surface area contributed by atoms with Crippen molar-refractivity contribution in [1.29, 1.82) is 0 Å². The Morgan fingerprint density at radius 3 is 2.50 bits per heavy atom. The van der Waals surface area contributed by atoms with Gasteiger partial charge in [0.25, 0.3) is 0 Å². The molecule has 1 fully saturated rings. The molecule has 138 valence electrons. The zero-order valence-electron chi connectivity index (χ0n) is 14.9. The number of hydrogen-bond donors (Lipinski definition) is 1. The predicted molar refractivity (Wildman–Crippen MR) is 99.9 cm³/mol. The number of methoxy groups -OCH3 is 1. The molecular formula is C19H24N4O3. The minimum Gasteiger partial charge on any atom is -0.493 e. The van der Waals surface area contributed by atoms with Crippen LogP contribution in [0.2, 0.25) is 0 Å². The summed E-state index contributed by atoms with van der Waals surface area (Å²) in [6.07, 6.45) is 1.79. The van der Waals surface area contributed by atoms with Gasteiger partial charge in [0.1, 0.15) is 12.4 Å². The number of carbonyl (C=O) groups is 1. The van der Waals surface area contributed by atoms with Gasteiger partial charge in [-0.1, -0.05) is 18.2 Å². The van der Waals surface area contributed by atoms with E-state index in [1.165, 1.54) is 0 Å². The van der Waals surface area contributed by atoms with Crippen molar-refractivity contribution < 1.29 is 14.3 Å². The SMILES string of the molecule is COc1ccccc1OCCNC(=O)N1CCN(c2ccccn2)CC1. The first kappa shape index (κ1) is 17.8. The Kier molecular flexibility index (Phi) is 6.14. The van der Waals surface area contributed by atoms with E-state index in [9.17, 15) is 4.79 Å². The number of urea groups is 1. The average Bonchev–Trinajstić information content (AvgIpc) is 2.72. The molecule has 0 aliphatic carbocycles. The maximum absolute atomic E-state index is 12.3. The highest BCUT2D eigenvalue weighted by Crippen LogP contribution is 2.25. The highest BCUT2D eigenvalue weighted by molar-refractivity contribution is 5.74. The van der Waals surface area contributed by atoms with Crippen molar-refractivity contribution in [2.24, 2.45) is 0 Å². The van der Waals surface area contributed by atoms with Crippen LogP contribution in [0.3, 0.4) is 0 Å². The van der Waals surface area contributed by atoms with Gasteiger partial charge in [-0.15, -0.1) is 0 Å². The molecule has 2 amide bonds. The van der Waals surface area contributed by atoms with Crippen LogP contribution in [0.5, 0.6) is 11.5 Å². The Hall–Kier alpha value is -2.96. The molecule has 1 N–H and O–H groups in total.